The van der Waals surface area contributed by atoms with E-state index < -0.39 is 0 Å². The Kier molecular flexibility index (Phi) is 3.60. The lowest BCUT2D eigenvalue weighted by Gasteiger charge is -2.10. The summed E-state index contributed by atoms with van der Waals surface area (Å²) >= 11 is 0. The number of aldehydes is 1. The lowest BCUT2D eigenvalue weighted by Crippen LogP contribution is -1.97. The Morgan fingerprint density at radius 3 is 2.52 bits per heavy atom. The van der Waals surface area contributed by atoms with E-state index in [4.69, 9.17) is 4.74 Å². The van der Waals surface area contributed by atoms with Gasteiger partial charge in [-0.1, -0.05) is 24.3 Å². The summed E-state index contributed by atoms with van der Waals surface area (Å²) in [5.41, 5.74) is 5.36. The summed E-state index contributed by atoms with van der Waals surface area (Å²) in [6.07, 6.45) is 0.797. The summed E-state index contributed by atoms with van der Waals surface area (Å²) < 4.78 is 7.18. The van der Waals surface area contributed by atoms with Gasteiger partial charge in [0.1, 0.15) is 0 Å². The number of rotatable bonds is 3. The molecule has 1 N–H and O–H groups in total. The van der Waals surface area contributed by atoms with Gasteiger partial charge in [-0.2, -0.15) is 0 Å². The first-order valence-corrected chi connectivity index (χ1v) is 7.41. The zero-order valence-corrected chi connectivity index (χ0v) is 13.7. The molecule has 0 aliphatic carbocycles. The number of ether oxygens (including phenoxy) is 1. The van der Waals surface area contributed by atoms with E-state index in [1.807, 2.05) is 49.7 Å². The van der Waals surface area contributed by atoms with Crippen molar-refractivity contribution in [1.29, 1.82) is 0 Å². The van der Waals surface area contributed by atoms with Gasteiger partial charge in [-0.05, 0) is 31.0 Å². The fourth-order valence-corrected chi connectivity index (χ4v) is 3.32. The molecule has 118 valence electrons. The lowest BCUT2D eigenvalue weighted by atomic mass is 10.0. The van der Waals surface area contributed by atoms with Crippen LogP contribution in [-0.4, -0.2) is 23.1 Å². The van der Waals surface area contributed by atoms with Crippen LogP contribution in [0.4, 0.5) is 0 Å². The van der Waals surface area contributed by atoms with Crippen molar-refractivity contribution in [2.45, 2.75) is 13.8 Å². The molecule has 4 nitrogen and oxygen atoms in total. The largest absolute Gasteiger partial charge is 0.504 e. The second-order valence-electron chi connectivity index (χ2n) is 5.71. The number of aromatic hydroxyl groups is 1. The van der Waals surface area contributed by atoms with E-state index in [1.165, 1.54) is 7.11 Å². The highest BCUT2D eigenvalue weighted by Crippen LogP contribution is 2.43. The molecule has 0 bridgehead atoms. The highest BCUT2D eigenvalue weighted by atomic mass is 16.5. The van der Waals surface area contributed by atoms with Crippen LogP contribution in [0.3, 0.4) is 0 Å². The summed E-state index contributed by atoms with van der Waals surface area (Å²) in [5.74, 6) is 0.380. The van der Waals surface area contributed by atoms with Gasteiger partial charge < -0.3 is 14.4 Å². The van der Waals surface area contributed by atoms with E-state index in [-0.39, 0.29) is 5.75 Å². The van der Waals surface area contributed by atoms with Gasteiger partial charge in [0.25, 0.3) is 0 Å². The average molecular weight is 309 g/mol. The number of carbonyl (C=O) groups is 1. The molecular formula is C19H19NO3. The molecule has 23 heavy (non-hydrogen) atoms. The Bertz CT molecular complexity index is 922. The van der Waals surface area contributed by atoms with Crippen molar-refractivity contribution in [3.05, 3.63) is 47.0 Å². The molecule has 0 unspecified atom stereocenters. The first-order valence-electron chi connectivity index (χ1n) is 7.41. The molecule has 0 spiro atoms. The van der Waals surface area contributed by atoms with Gasteiger partial charge >= 0.3 is 0 Å². The molecule has 1 heterocycles. The Balaban J connectivity index is 2.50. The summed E-state index contributed by atoms with van der Waals surface area (Å²) in [5, 5.41) is 11.2. The van der Waals surface area contributed by atoms with Crippen molar-refractivity contribution in [1.82, 2.24) is 4.57 Å². The topological polar surface area (TPSA) is 51.5 Å². The van der Waals surface area contributed by atoms with Gasteiger partial charge in [0, 0.05) is 23.6 Å². The average Bonchev–Trinajstić information content (AvgIpc) is 2.81. The van der Waals surface area contributed by atoms with Crippen molar-refractivity contribution >= 4 is 17.2 Å². The number of carbonyl (C=O) groups excluding carboxylic acids is 1. The standard InChI is InChI=1S/C19H19NO3/c1-11-7-5-6-8-14(11)17-12(2)16-18(20(17)3)13(10-21)9-15(23-4)19(16)22/h5-10,22H,1-4H3. The molecule has 0 atom stereocenters. The number of hydrogen-bond donors (Lipinski definition) is 1. The third-order valence-electron chi connectivity index (χ3n) is 4.42. The van der Waals surface area contributed by atoms with Crippen LogP contribution in [0, 0.1) is 13.8 Å². The zero-order valence-electron chi connectivity index (χ0n) is 13.7. The predicted octanol–water partition coefficient (Wildman–Crippen LogP) is 3.99. The second-order valence-corrected chi connectivity index (χ2v) is 5.71. The monoisotopic (exact) mass is 309 g/mol. The molecular weight excluding hydrogens is 290 g/mol. The van der Waals surface area contributed by atoms with Crippen LogP contribution >= 0.6 is 0 Å². The van der Waals surface area contributed by atoms with Gasteiger partial charge in [0.2, 0.25) is 0 Å². The number of benzene rings is 2. The number of hydrogen-bond acceptors (Lipinski definition) is 3. The van der Waals surface area contributed by atoms with Gasteiger partial charge in [0.05, 0.1) is 18.3 Å². The Morgan fingerprint density at radius 2 is 1.91 bits per heavy atom. The van der Waals surface area contributed by atoms with E-state index in [0.29, 0.717) is 22.2 Å². The number of aromatic nitrogens is 1. The molecule has 0 saturated carbocycles. The number of aryl methyl sites for hydroxylation is 3. The van der Waals surface area contributed by atoms with Gasteiger partial charge in [-0.15, -0.1) is 0 Å². The van der Waals surface area contributed by atoms with Crippen molar-refractivity contribution in [2.75, 3.05) is 7.11 Å². The minimum absolute atomic E-state index is 0.0704. The van der Waals surface area contributed by atoms with Crippen LogP contribution in [0.25, 0.3) is 22.2 Å². The summed E-state index contributed by atoms with van der Waals surface area (Å²) in [6, 6.07) is 9.65. The normalized spacial score (nSPS) is 11.0. The molecule has 3 aromatic rings. The molecule has 0 aliphatic heterocycles. The van der Waals surface area contributed by atoms with Crippen molar-refractivity contribution in [3.8, 4) is 22.8 Å². The molecule has 0 saturated heterocycles. The third kappa shape index (κ3) is 2.10. The van der Waals surface area contributed by atoms with Crippen LogP contribution in [0.1, 0.15) is 21.5 Å². The minimum Gasteiger partial charge on any atom is -0.504 e. The second kappa shape index (κ2) is 5.47. The van der Waals surface area contributed by atoms with Crippen LogP contribution in [0.15, 0.2) is 30.3 Å². The number of nitrogens with zero attached hydrogens (tertiary/aromatic N) is 1. The van der Waals surface area contributed by atoms with Gasteiger partial charge in [-0.25, -0.2) is 0 Å². The van der Waals surface area contributed by atoms with E-state index in [2.05, 4.69) is 0 Å². The van der Waals surface area contributed by atoms with E-state index >= 15 is 0 Å². The highest BCUT2D eigenvalue weighted by molar-refractivity contribution is 6.05. The summed E-state index contributed by atoms with van der Waals surface area (Å²) in [6.45, 7) is 4.01. The predicted molar refractivity (Wildman–Crippen MR) is 91.4 cm³/mol. The molecule has 0 fully saturated rings. The fourth-order valence-electron chi connectivity index (χ4n) is 3.32. The summed E-state index contributed by atoms with van der Waals surface area (Å²) in [4.78, 5) is 11.5. The maximum atomic E-state index is 11.5. The molecule has 0 amide bonds. The zero-order chi connectivity index (χ0) is 16.7. The number of fused-ring (bicyclic) bond motifs is 1. The molecule has 3 rings (SSSR count). The maximum Gasteiger partial charge on any atom is 0.167 e. The van der Waals surface area contributed by atoms with Crippen LogP contribution in [0.5, 0.6) is 11.5 Å². The molecule has 1 aromatic heterocycles. The molecule has 4 heteroatoms. The Hall–Kier alpha value is -2.75. The first kappa shape index (κ1) is 15.2. The first-order chi connectivity index (χ1) is 11.0. The number of phenolic OH excluding ortho intramolecular Hbond substituents is 1. The Labute approximate surface area is 134 Å². The van der Waals surface area contributed by atoms with E-state index in [1.54, 1.807) is 6.07 Å². The third-order valence-corrected chi connectivity index (χ3v) is 4.42. The smallest absolute Gasteiger partial charge is 0.167 e. The van der Waals surface area contributed by atoms with Crippen LogP contribution < -0.4 is 4.74 Å². The number of phenols is 1. The highest BCUT2D eigenvalue weighted by Gasteiger charge is 2.22. The van der Waals surface area contributed by atoms with E-state index in [9.17, 15) is 9.90 Å². The maximum absolute atomic E-state index is 11.5. The minimum atomic E-state index is 0.0704. The SMILES string of the molecule is COc1cc(C=O)c2c(c(C)c(-c3ccccc3C)n2C)c1O. The van der Waals surface area contributed by atoms with Gasteiger partial charge in [0.15, 0.2) is 17.8 Å². The van der Waals surface area contributed by atoms with E-state index in [0.717, 1.165) is 28.7 Å². The molecule has 0 radical (unpaired) electrons. The van der Waals surface area contributed by atoms with Crippen LogP contribution in [0.2, 0.25) is 0 Å². The van der Waals surface area contributed by atoms with Crippen LogP contribution in [-0.2, 0) is 7.05 Å². The van der Waals surface area contributed by atoms with Gasteiger partial charge in [-0.3, -0.25) is 4.79 Å². The molecule has 0 aliphatic rings. The quantitative estimate of drug-likeness (QED) is 0.744. The Morgan fingerprint density at radius 1 is 1.22 bits per heavy atom. The van der Waals surface area contributed by atoms with Crippen molar-refractivity contribution in [2.24, 2.45) is 7.05 Å². The molecule has 2 aromatic carbocycles. The van der Waals surface area contributed by atoms with Crippen molar-refractivity contribution in [3.63, 3.8) is 0 Å². The summed E-state index contributed by atoms with van der Waals surface area (Å²) in [7, 11) is 3.39. The lowest BCUT2D eigenvalue weighted by molar-refractivity contribution is 0.112. The number of methoxy groups -OCH3 is 1. The fraction of sp³-hybridized carbons (Fsp3) is 0.211. The van der Waals surface area contributed by atoms with Crippen molar-refractivity contribution < 1.29 is 14.6 Å².